The zero-order valence-corrected chi connectivity index (χ0v) is 9.97. The molecule has 0 unspecified atom stereocenters. The van der Waals surface area contributed by atoms with E-state index in [0.717, 1.165) is 11.3 Å². The molecule has 0 radical (unpaired) electrons. The summed E-state index contributed by atoms with van der Waals surface area (Å²) in [7, 11) is 0. The maximum absolute atomic E-state index is 11.7. The van der Waals surface area contributed by atoms with Gasteiger partial charge in [-0.1, -0.05) is 24.3 Å². The van der Waals surface area contributed by atoms with E-state index >= 15 is 0 Å². The van der Waals surface area contributed by atoms with Crippen molar-refractivity contribution in [1.82, 2.24) is 10.3 Å². The van der Waals surface area contributed by atoms with E-state index in [1.54, 1.807) is 12.3 Å². The molecule has 18 heavy (non-hydrogen) atoms. The van der Waals surface area contributed by atoms with Crippen LogP contribution in [0.1, 0.15) is 11.3 Å². The van der Waals surface area contributed by atoms with Crippen LogP contribution in [0.25, 0.3) is 0 Å². The number of nitrogens with two attached hydrogens (primary N) is 1. The summed E-state index contributed by atoms with van der Waals surface area (Å²) in [5, 5.41) is 2.82. The maximum atomic E-state index is 11.7. The number of para-hydroxylation sites is 1. The molecule has 0 fully saturated rings. The smallest absolute Gasteiger partial charge is 0.224 e. The Balaban J connectivity index is 1.88. The number of pyridine rings is 1. The quantitative estimate of drug-likeness (QED) is 0.797. The van der Waals surface area contributed by atoms with Crippen molar-refractivity contribution < 1.29 is 4.79 Å². The number of benzene rings is 1. The summed E-state index contributed by atoms with van der Waals surface area (Å²) < 4.78 is 0. The van der Waals surface area contributed by atoms with Crippen molar-refractivity contribution in [1.29, 1.82) is 0 Å². The Hall–Kier alpha value is -2.36. The number of aromatic nitrogens is 1. The van der Waals surface area contributed by atoms with Crippen molar-refractivity contribution in [2.75, 3.05) is 5.73 Å². The van der Waals surface area contributed by atoms with Crippen LogP contribution < -0.4 is 11.1 Å². The summed E-state index contributed by atoms with van der Waals surface area (Å²) in [6, 6.07) is 13.0. The highest BCUT2D eigenvalue weighted by molar-refractivity contribution is 5.80. The second-order valence-electron chi connectivity index (χ2n) is 3.97. The van der Waals surface area contributed by atoms with Gasteiger partial charge in [0.1, 0.15) is 0 Å². The average Bonchev–Trinajstić information content (AvgIpc) is 2.40. The Morgan fingerprint density at radius 2 is 1.94 bits per heavy atom. The summed E-state index contributed by atoms with van der Waals surface area (Å²) in [5.74, 6) is -0.0569. The summed E-state index contributed by atoms with van der Waals surface area (Å²) in [6.45, 7) is 0.437. The van der Waals surface area contributed by atoms with Gasteiger partial charge in [0, 0.05) is 11.9 Å². The molecule has 0 saturated heterocycles. The average molecular weight is 241 g/mol. The normalized spacial score (nSPS) is 10.0. The number of rotatable bonds is 4. The minimum Gasteiger partial charge on any atom is -0.398 e. The Kier molecular flexibility index (Phi) is 3.91. The third kappa shape index (κ3) is 3.31. The van der Waals surface area contributed by atoms with E-state index in [-0.39, 0.29) is 5.91 Å². The Labute approximate surface area is 106 Å². The molecular formula is C14H15N3O. The van der Waals surface area contributed by atoms with Crippen LogP contribution >= 0.6 is 0 Å². The molecule has 2 aromatic rings. The van der Waals surface area contributed by atoms with Crippen LogP contribution in [0.5, 0.6) is 0 Å². The molecular weight excluding hydrogens is 226 g/mol. The van der Waals surface area contributed by atoms with Gasteiger partial charge in [0.25, 0.3) is 0 Å². The first-order valence-electron chi connectivity index (χ1n) is 5.75. The maximum Gasteiger partial charge on any atom is 0.224 e. The third-order valence-corrected chi connectivity index (χ3v) is 2.60. The predicted octanol–water partition coefficient (Wildman–Crippen LogP) is 1.52. The largest absolute Gasteiger partial charge is 0.398 e. The lowest BCUT2D eigenvalue weighted by Gasteiger charge is -2.06. The van der Waals surface area contributed by atoms with Crippen LogP contribution in [0.3, 0.4) is 0 Å². The predicted molar refractivity (Wildman–Crippen MR) is 70.6 cm³/mol. The molecule has 0 aliphatic rings. The Bertz CT molecular complexity index is 526. The fraction of sp³-hybridized carbons (Fsp3) is 0.143. The lowest BCUT2D eigenvalue weighted by Crippen LogP contribution is -2.25. The van der Waals surface area contributed by atoms with E-state index in [1.165, 1.54) is 0 Å². The minimum atomic E-state index is -0.0569. The first-order valence-corrected chi connectivity index (χ1v) is 5.75. The fourth-order valence-electron chi connectivity index (χ4n) is 1.62. The molecule has 1 heterocycles. The van der Waals surface area contributed by atoms with Crippen LogP contribution in [0.4, 0.5) is 5.69 Å². The number of nitrogens with one attached hydrogen (secondary N) is 1. The van der Waals surface area contributed by atoms with E-state index in [1.807, 2.05) is 36.4 Å². The highest BCUT2D eigenvalue weighted by Crippen LogP contribution is 2.10. The van der Waals surface area contributed by atoms with Gasteiger partial charge < -0.3 is 11.1 Å². The number of hydrogen-bond acceptors (Lipinski definition) is 3. The monoisotopic (exact) mass is 241 g/mol. The van der Waals surface area contributed by atoms with Crippen molar-refractivity contribution in [2.45, 2.75) is 13.0 Å². The standard InChI is InChI=1S/C14H15N3O/c15-13-7-2-1-5-11(13)9-14(18)17-10-12-6-3-4-8-16-12/h1-8H,9-10,15H2,(H,17,18). The first-order chi connectivity index (χ1) is 8.75. The molecule has 0 bridgehead atoms. The molecule has 0 aliphatic carbocycles. The van der Waals surface area contributed by atoms with Crippen molar-refractivity contribution >= 4 is 11.6 Å². The summed E-state index contributed by atoms with van der Waals surface area (Å²) in [6.07, 6.45) is 2.00. The molecule has 0 spiro atoms. The van der Waals surface area contributed by atoms with Gasteiger partial charge in [-0.3, -0.25) is 9.78 Å². The van der Waals surface area contributed by atoms with E-state index in [9.17, 15) is 4.79 Å². The van der Waals surface area contributed by atoms with Gasteiger partial charge >= 0.3 is 0 Å². The third-order valence-electron chi connectivity index (χ3n) is 2.60. The lowest BCUT2D eigenvalue weighted by molar-refractivity contribution is -0.120. The van der Waals surface area contributed by atoms with E-state index in [2.05, 4.69) is 10.3 Å². The van der Waals surface area contributed by atoms with E-state index < -0.39 is 0 Å². The number of carbonyl (C=O) groups is 1. The van der Waals surface area contributed by atoms with Crippen molar-refractivity contribution in [3.8, 4) is 0 Å². The summed E-state index contributed by atoms with van der Waals surface area (Å²) in [4.78, 5) is 15.9. The highest BCUT2D eigenvalue weighted by Gasteiger charge is 2.05. The molecule has 4 nitrogen and oxygen atoms in total. The van der Waals surface area contributed by atoms with Crippen molar-refractivity contribution in [3.05, 3.63) is 59.9 Å². The van der Waals surface area contributed by atoms with Crippen LogP contribution in [-0.4, -0.2) is 10.9 Å². The Morgan fingerprint density at radius 3 is 2.67 bits per heavy atom. The highest BCUT2D eigenvalue weighted by atomic mass is 16.1. The molecule has 1 amide bonds. The lowest BCUT2D eigenvalue weighted by atomic mass is 10.1. The molecule has 1 aromatic heterocycles. The van der Waals surface area contributed by atoms with Crippen LogP contribution in [0, 0.1) is 0 Å². The van der Waals surface area contributed by atoms with Crippen molar-refractivity contribution in [3.63, 3.8) is 0 Å². The molecule has 0 aliphatic heterocycles. The van der Waals surface area contributed by atoms with Crippen LogP contribution in [0.15, 0.2) is 48.7 Å². The molecule has 92 valence electrons. The summed E-state index contributed by atoms with van der Waals surface area (Å²) in [5.41, 5.74) is 8.11. The first kappa shape index (κ1) is 12.1. The molecule has 0 atom stereocenters. The van der Waals surface area contributed by atoms with E-state index in [0.29, 0.717) is 18.7 Å². The molecule has 2 rings (SSSR count). The Morgan fingerprint density at radius 1 is 1.17 bits per heavy atom. The molecule has 4 heteroatoms. The minimum absolute atomic E-state index is 0.0569. The van der Waals surface area contributed by atoms with Crippen LogP contribution in [0.2, 0.25) is 0 Å². The van der Waals surface area contributed by atoms with Gasteiger partial charge in [0.05, 0.1) is 18.7 Å². The second kappa shape index (κ2) is 5.82. The number of nitrogen functional groups attached to an aromatic ring is 1. The molecule has 0 saturated carbocycles. The number of nitrogens with zero attached hydrogens (tertiary/aromatic N) is 1. The molecule has 1 aromatic carbocycles. The number of hydrogen-bond donors (Lipinski definition) is 2. The van der Waals surface area contributed by atoms with Gasteiger partial charge in [-0.25, -0.2) is 0 Å². The zero-order valence-electron chi connectivity index (χ0n) is 9.97. The topological polar surface area (TPSA) is 68.0 Å². The van der Waals surface area contributed by atoms with Crippen LogP contribution in [-0.2, 0) is 17.8 Å². The molecule has 3 N–H and O–H groups in total. The summed E-state index contributed by atoms with van der Waals surface area (Å²) >= 11 is 0. The van der Waals surface area contributed by atoms with Gasteiger partial charge in [0.15, 0.2) is 0 Å². The zero-order chi connectivity index (χ0) is 12.8. The SMILES string of the molecule is Nc1ccccc1CC(=O)NCc1ccccn1. The number of carbonyl (C=O) groups excluding carboxylic acids is 1. The number of amides is 1. The van der Waals surface area contributed by atoms with Crippen molar-refractivity contribution in [2.24, 2.45) is 0 Å². The second-order valence-corrected chi connectivity index (χ2v) is 3.97. The van der Waals surface area contributed by atoms with Gasteiger partial charge in [-0.15, -0.1) is 0 Å². The van der Waals surface area contributed by atoms with Gasteiger partial charge in [0.2, 0.25) is 5.91 Å². The fourth-order valence-corrected chi connectivity index (χ4v) is 1.62. The number of anilines is 1. The van der Waals surface area contributed by atoms with E-state index in [4.69, 9.17) is 5.73 Å². The van der Waals surface area contributed by atoms with Gasteiger partial charge in [-0.05, 0) is 23.8 Å². The van der Waals surface area contributed by atoms with Gasteiger partial charge in [-0.2, -0.15) is 0 Å².